The molecule has 0 radical (unpaired) electrons. The van der Waals surface area contributed by atoms with Crippen molar-refractivity contribution in [3.8, 4) is 0 Å². The van der Waals surface area contributed by atoms with E-state index in [0.717, 1.165) is 84.5 Å². The Bertz CT molecular complexity index is 950. The lowest BCUT2D eigenvalue weighted by Crippen LogP contribution is -2.35. The van der Waals surface area contributed by atoms with Crippen LogP contribution in [-0.2, 0) is 4.74 Å². The number of carbonyl (C=O) groups excluding carboxylic acids is 1. The number of hydrogen-bond acceptors (Lipinski definition) is 7. The normalized spacial score (nSPS) is 12.1. The van der Waals surface area contributed by atoms with Crippen molar-refractivity contribution in [3.63, 3.8) is 0 Å². The van der Waals surface area contributed by atoms with Gasteiger partial charge in [-0.15, -0.1) is 0 Å². The van der Waals surface area contributed by atoms with Crippen LogP contribution in [0, 0.1) is 0 Å². The third kappa shape index (κ3) is 52.3. The van der Waals surface area contributed by atoms with Crippen molar-refractivity contribution < 1.29 is 14.6 Å². The third-order valence-electron chi connectivity index (χ3n) is 11.0. The van der Waals surface area contributed by atoms with Crippen LogP contribution in [0.25, 0.3) is 0 Å². The monoisotopic (exact) mass is 860 g/mol. The molecule has 0 aromatic carbocycles. The number of aliphatic hydroxyl groups is 1. The maximum atomic E-state index is 13.1. The molecule has 360 valence electrons. The van der Waals surface area contributed by atoms with Crippen molar-refractivity contribution in [1.29, 1.82) is 0 Å². The number of nitrogens with zero attached hydrogens (tertiary/aromatic N) is 5. The molecule has 0 rings (SSSR count). The summed E-state index contributed by atoms with van der Waals surface area (Å²) in [5.74, 6) is 0. The molecule has 8 nitrogen and oxygen atoms in total. The first-order valence-electron chi connectivity index (χ1n) is 25.5. The maximum absolute atomic E-state index is 13.1. The Morgan fingerprint density at radius 1 is 0.410 bits per heavy atom. The highest BCUT2D eigenvalue weighted by molar-refractivity contribution is 5.67. The van der Waals surface area contributed by atoms with Crippen LogP contribution >= 0.6 is 0 Å². The number of allylic oxidation sites excluding steroid dienone is 8. The summed E-state index contributed by atoms with van der Waals surface area (Å²) in [6.45, 7) is 12.8. The third-order valence-corrected chi connectivity index (χ3v) is 11.0. The van der Waals surface area contributed by atoms with E-state index < -0.39 is 0 Å². The Hall–Kier alpha value is -1.97. The lowest BCUT2D eigenvalue weighted by molar-refractivity contribution is 0.0918. The summed E-state index contributed by atoms with van der Waals surface area (Å²) in [4.78, 5) is 23.9. The quantitative estimate of drug-likeness (QED) is 0.0484. The van der Waals surface area contributed by atoms with Gasteiger partial charge in [-0.25, -0.2) is 4.79 Å². The summed E-state index contributed by atoms with van der Waals surface area (Å²) in [5.41, 5.74) is 0. The van der Waals surface area contributed by atoms with Crippen molar-refractivity contribution in [2.45, 2.75) is 181 Å². The molecule has 0 aromatic rings. The van der Waals surface area contributed by atoms with E-state index in [1.54, 1.807) is 0 Å². The smallest absolute Gasteiger partial charge is 0.409 e. The predicted octanol–water partition coefficient (Wildman–Crippen LogP) is 12.8. The summed E-state index contributed by atoms with van der Waals surface area (Å²) in [6, 6.07) is 0. The molecule has 0 unspecified atom stereocenters. The molecule has 1 N–H and O–H groups in total. The highest BCUT2D eigenvalue weighted by Crippen LogP contribution is 2.12. The summed E-state index contributed by atoms with van der Waals surface area (Å²) < 4.78 is 5.77. The number of hydrogen-bond donors (Lipinski definition) is 1. The van der Waals surface area contributed by atoms with Gasteiger partial charge in [0.1, 0.15) is 6.61 Å². The Kier molecular flexibility index (Phi) is 50.8. The minimum absolute atomic E-state index is 0.114. The Morgan fingerprint density at radius 2 is 0.770 bits per heavy atom. The van der Waals surface area contributed by atoms with E-state index in [2.05, 4.69) is 117 Å². The number of carbonyl (C=O) groups is 1. The Labute approximate surface area is 381 Å². The molecule has 0 saturated carbocycles. The van der Waals surface area contributed by atoms with Crippen LogP contribution in [0.5, 0.6) is 0 Å². The standard InChI is InChI=1S/C45H85N3O2.C8H20N2O/c1-6-8-10-12-14-16-18-20-22-24-26-28-30-32-34-36-41-48(45(49)50-44-43-47(5)40-38-39-46(3)4)42-37-35-33-31-29-27-25-23-21-19-17-15-13-11-9-7-2;1-9(2)5-4-6-10(3)7-8-11/h14-17,20-23H,6-13,18-19,24-44H2,1-5H3;11H,4-8H2,1-3H3/b16-14-,17-15-,22-20-,23-21-;. The van der Waals surface area contributed by atoms with Crippen LogP contribution < -0.4 is 0 Å². The molecular weight excluding hydrogens is 755 g/mol. The van der Waals surface area contributed by atoms with Crippen LogP contribution in [0.4, 0.5) is 4.79 Å². The van der Waals surface area contributed by atoms with Crippen molar-refractivity contribution in [1.82, 2.24) is 24.5 Å². The van der Waals surface area contributed by atoms with E-state index in [1.165, 1.54) is 135 Å². The van der Waals surface area contributed by atoms with Crippen molar-refractivity contribution >= 4 is 6.09 Å². The summed E-state index contributed by atoms with van der Waals surface area (Å²) in [6.07, 6.45) is 50.6. The first-order chi connectivity index (χ1) is 29.7. The predicted molar refractivity (Wildman–Crippen MR) is 270 cm³/mol. The number of aliphatic hydroxyl groups excluding tert-OH is 1. The van der Waals surface area contributed by atoms with Crippen molar-refractivity contribution in [2.75, 3.05) is 108 Å². The molecular formula is C53H105N5O3. The summed E-state index contributed by atoms with van der Waals surface area (Å²) >= 11 is 0. The lowest BCUT2D eigenvalue weighted by Gasteiger charge is -2.23. The summed E-state index contributed by atoms with van der Waals surface area (Å²) in [5, 5.41) is 8.59. The topological polar surface area (TPSA) is 62.7 Å². The van der Waals surface area contributed by atoms with Gasteiger partial charge in [-0.2, -0.15) is 0 Å². The molecule has 0 atom stereocenters. The zero-order valence-electron chi connectivity index (χ0n) is 42.1. The van der Waals surface area contributed by atoms with E-state index in [0.29, 0.717) is 6.61 Å². The van der Waals surface area contributed by atoms with Gasteiger partial charge in [0.25, 0.3) is 0 Å². The van der Waals surface area contributed by atoms with Gasteiger partial charge in [0.15, 0.2) is 0 Å². The molecule has 0 aliphatic rings. The molecule has 0 aliphatic heterocycles. The fourth-order valence-electron chi connectivity index (χ4n) is 6.96. The average molecular weight is 860 g/mol. The first-order valence-corrected chi connectivity index (χ1v) is 25.5. The molecule has 61 heavy (non-hydrogen) atoms. The molecule has 0 aromatic heterocycles. The first kappa shape index (κ1) is 61.1. The fraction of sp³-hybridized carbons (Fsp3) is 0.830. The van der Waals surface area contributed by atoms with Crippen LogP contribution in [0.15, 0.2) is 48.6 Å². The second kappa shape index (κ2) is 50.7. The zero-order chi connectivity index (χ0) is 45.3. The number of unbranched alkanes of at least 4 members (excludes halogenated alkanes) is 18. The Balaban J connectivity index is 0. The molecule has 0 bridgehead atoms. The van der Waals surface area contributed by atoms with Gasteiger partial charge in [-0.05, 0) is 158 Å². The average Bonchev–Trinajstić information content (AvgIpc) is 3.22. The van der Waals surface area contributed by atoms with Gasteiger partial charge in [0, 0.05) is 26.2 Å². The van der Waals surface area contributed by atoms with Crippen LogP contribution in [-0.4, -0.2) is 144 Å². The van der Waals surface area contributed by atoms with Gasteiger partial charge in [0.05, 0.1) is 6.61 Å². The molecule has 0 spiro atoms. The minimum Gasteiger partial charge on any atom is -0.448 e. The maximum Gasteiger partial charge on any atom is 0.409 e. The van der Waals surface area contributed by atoms with E-state index in [9.17, 15) is 4.79 Å². The SMILES string of the molecule is CCCCC/C=C\C/C=C\CCCCCCCCN(CCCCCCCC/C=C\C/C=C\CCCCC)C(=O)OCCN(C)CCCN(C)C.CN(C)CCCN(C)CCO. The van der Waals surface area contributed by atoms with Gasteiger partial charge < -0.3 is 34.3 Å². The molecule has 0 aliphatic carbocycles. The fourth-order valence-corrected chi connectivity index (χ4v) is 6.96. The number of ether oxygens (including phenoxy) is 1. The van der Waals surface area contributed by atoms with Gasteiger partial charge in [0.2, 0.25) is 0 Å². The van der Waals surface area contributed by atoms with E-state index in [4.69, 9.17) is 9.84 Å². The molecule has 8 heteroatoms. The lowest BCUT2D eigenvalue weighted by atomic mass is 10.1. The highest BCUT2D eigenvalue weighted by atomic mass is 16.6. The Morgan fingerprint density at radius 3 is 1.15 bits per heavy atom. The van der Waals surface area contributed by atoms with E-state index in [1.807, 2.05) is 11.9 Å². The number of amides is 1. The van der Waals surface area contributed by atoms with Crippen LogP contribution in [0.2, 0.25) is 0 Å². The molecule has 0 saturated heterocycles. The molecule has 0 fully saturated rings. The van der Waals surface area contributed by atoms with E-state index in [-0.39, 0.29) is 12.7 Å². The highest BCUT2D eigenvalue weighted by Gasteiger charge is 2.15. The van der Waals surface area contributed by atoms with Gasteiger partial charge in [-0.3, -0.25) is 0 Å². The number of rotatable bonds is 43. The van der Waals surface area contributed by atoms with Gasteiger partial charge in [-0.1, -0.05) is 140 Å². The van der Waals surface area contributed by atoms with Gasteiger partial charge >= 0.3 is 6.09 Å². The molecule has 1 amide bonds. The molecule has 0 heterocycles. The van der Waals surface area contributed by atoms with Crippen molar-refractivity contribution in [2.24, 2.45) is 0 Å². The van der Waals surface area contributed by atoms with Crippen LogP contribution in [0.3, 0.4) is 0 Å². The van der Waals surface area contributed by atoms with Crippen LogP contribution in [0.1, 0.15) is 181 Å². The number of likely N-dealkylation sites (N-methyl/N-ethyl adjacent to an activating group) is 2. The van der Waals surface area contributed by atoms with E-state index >= 15 is 0 Å². The summed E-state index contributed by atoms with van der Waals surface area (Å²) in [7, 11) is 12.5. The second-order valence-corrected chi connectivity index (χ2v) is 17.9. The van der Waals surface area contributed by atoms with Crippen molar-refractivity contribution in [3.05, 3.63) is 48.6 Å². The minimum atomic E-state index is -0.114. The second-order valence-electron chi connectivity index (χ2n) is 17.9. The zero-order valence-corrected chi connectivity index (χ0v) is 42.1. The largest absolute Gasteiger partial charge is 0.448 e.